The SMILES string of the molecule is Cc1cc(C)cc(-c2cccc(Nc3ncccc3N)c2)c1. The standard InChI is InChI=1S/C19H19N3/c1-13-9-14(2)11-16(10-13)15-5-3-6-17(12-15)22-19-18(20)7-4-8-21-19/h3-12H,20H2,1-2H3,(H,21,22). The second-order valence-corrected chi connectivity index (χ2v) is 5.52. The number of aryl methyl sites for hydroxylation is 2. The van der Waals surface area contributed by atoms with Crippen molar-refractivity contribution in [2.24, 2.45) is 0 Å². The van der Waals surface area contributed by atoms with Crippen molar-refractivity contribution in [1.82, 2.24) is 4.98 Å². The summed E-state index contributed by atoms with van der Waals surface area (Å²) in [7, 11) is 0. The molecule has 0 radical (unpaired) electrons. The Labute approximate surface area is 130 Å². The molecule has 110 valence electrons. The van der Waals surface area contributed by atoms with E-state index in [4.69, 9.17) is 5.73 Å². The quantitative estimate of drug-likeness (QED) is 0.735. The zero-order chi connectivity index (χ0) is 15.5. The Morgan fingerprint density at radius 2 is 1.64 bits per heavy atom. The monoisotopic (exact) mass is 289 g/mol. The number of hydrogen-bond donors (Lipinski definition) is 2. The number of rotatable bonds is 3. The minimum Gasteiger partial charge on any atom is -0.396 e. The smallest absolute Gasteiger partial charge is 0.153 e. The summed E-state index contributed by atoms with van der Waals surface area (Å²) in [5.74, 6) is 0.681. The Balaban J connectivity index is 1.94. The molecule has 3 nitrogen and oxygen atoms in total. The van der Waals surface area contributed by atoms with E-state index in [1.54, 1.807) is 6.20 Å². The van der Waals surface area contributed by atoms with Crippen LogP contribution in [0.4, 0.5) is 17.2 Å². The van der Waals surface area contributed by atoms with Gasteiger partial charge in [-0.1, -0.05) is 41.5 Å². The maximum atomic E-state index is 5.93. The first-order chi connectivity index (χ1) is 10.6. The van der Waals surface area contributed by atoms with Crippen molar-refractivity contribution in [1.29, 1.82) is 0 Å². The van der Waals surface area contributed by atoms with Crippen LogP contribution in [0.3, 0.4) is 0 Å². The molecule has 0 bridgehead atoms. The lowest BCUT2D eigenvalue weighted by Crippen LogP contribution is -1.98. The van der Waals surface area contributed by atoms with Crippen molar-refractivity contribution < 1.29 is 0 Å². The van der Waals surface area contributed by atoms with Crippen LogP contribution in [0, 0.1) is 13.8 Å². The predicted octanol–water partition coefficient (Wildman–Crippen LogP) is 4.69. The van der Waals surface area contributed by atoms with E-state index in [1.807, 2.05) is 24.3 Å². The van der Waals surface area contributed by atoms with Gasteiger partial charge in [-0.05, 0) is 49.2 Å². The van der Waals surface area contributed by atoms with Gasteiger partial charge >= 0.3 is 0 Å². The van der Waals surface area contributed by atoms with Crippen LogP contribution in [0.1, 0.15) is 11.1 Å². The molecule has 22 heavy (non-hydrogen) atoms. The van der Waals surface area contributed by atoms with Gasteiger partial charge in [-0.2, -0.15) is 0 Å². The Hall–Kier alpha value is -2.81. The van der Waals surface area contributed by atoms with E-state index in [9.17, 15) is 0 Å². The van der Waals surface area contributed by atoms with Crippen molar-refractivity contribution in [3.8, 4) is 11.1 Å². The highest BCUT2D eigenvalue weighted by Gasteiger charge is 2.03. The molecule has 0 spiro atoms. The van der Waals surface area contributed by atoms with Gasteiger partial charge in [0.25, 0.3) is 0 Å². The first-order valence-corrected chi connectivity index (χ1v) is 7.28. The highest BCUT2D eigenvalue weighted by molar-refractivity contribution is 5.74. The lowest BCUT2D eigenvalue weighted by Gasteiger charge is -2.10. The third-order valence-electron chi connectivity index (χ3n) is 3.52. The predicted molar refractivity (Wildman–Crippen MR) is 93.3 cm³/mol. The Morgan fingerprint density at radius 3 is 2.36 bits per heavy atom. The van der Waals surface area contributed by atoms with Crippen LogP contribution >= 0.6 is 0 Å². The van der Waals surface area contributed by atoms with E-state index >= 15 is 0 Å². The summed E-state index contributed by atoms with van der Waals surface area (Å²) < 4.78 is 0. The fraction of sp³-hybridized carbons (Fsp3) is 0.105. The van der Waals surface area contributed by atoms with Crippen LogP contribution in [0.5, 0.6) is 0 Å². The van der Waals surface area contributed by atoms with E-state index in [0.29, 0.717) is 11.5 Å². The van der Waals surface area contributed by atoms with Gasteiger partial charge in [-0.25, -0.2) is 4.98 Å². The van der Waals surface area contributed by atoms with Crippen LogP contribution in [-0.2, 0) is 0 Å². The number of benzene rings is 2. The zero-order valence-corrected chi connectivity index (χ0v) is 12.8. The summed E-state index contributed by atoms with van der Waals surface area (Å²) in [4.78, 5) is 4.27. The number of nitrogens with zero attached hydrogens (tertiary/aromatic N) is 1. The fourth-order valence-corrected chi connectivity index (χ4v) is 2.58. The van der Waals surface area contributed by atoms with E-state index in [2.05, 4.69) is 54.5 Å². The van der Waals surface area contributed by atoms with Crippen LogP contribution in [0.15, 0.2) is 60.8 Å². The summed E-state index contributed by atoms with van der Waals surface area (Å²) in [6.45, 7) is 4.24. The molecule has 0 aliphatic rings. The van der Waals surface area contributed by atoms with Gasteiger partial charge in [0.15, 0.2) is 5.82 Å². The molecule has 0 fully saturated rings. The number of pyridine rings is 1. The molecular weight excluding hydrogens is 270 g/mol. The summed E-state index contributed by atoms with van der Waals surface area (Å²) in [5, 5.41) is 3.28. The minimum absolute atomic E-state index is 0.638. The molecule has 0 saturated carbocycles. The Kier molecular flexibility index (Phi) is 3.79. The van der Waals surface area contributed by atoms with E-state index < -0.39 is 0 Å². The van der Waals surface area contributed by atoms with Crippen molar-refractivity contribution in [2.75, 3.05) is 11.1 Å². The third-order valence-corrected chi connectivity index (χ3v) is 3.52. The van der Waals surface area contributed by atoms with Crippen molar-refractivity contribution >= 4 is 17.2 Å². The average molecular weight is 289 g/mol. The van der Waals surface area contributed by atoms with Crippen LogP contribution in [0.25, 0.3) is 11.1 Å². The van der Waals surface area contributed by atoms with E-state index in [1.165, 1.54) is 22.3 Å². The molecular formula is C19H19N3. The maximum absolute atomic E-state index is 5.93. The van der Waals surface area contributed by atoms with Gasteiger partial charge in [0, 0.05) is 11.9 Å². The molecule has 0 unspecified atom stereocenters. The molecule has 1 heterocycles. The highest BCUT2D eigenvalue weighted by atomic mass is 15.0. The number of anilines is 3. The van der Waals surface area contributed by atoms with Crippen LogP contribution in [0.2, 0.25) is 0 Å². The number of nitrogens with one attached hydrogen (secondary N) is 1. The molecule has 3 heteroatoms. The summed E-state index contributed by atoms with van der Waals surface area (Å²) in [6.07, 6.45) is 1.73. The average Bonchev–Trinajstić information content (AvgIpc) is 2.49. The first kappa shape index (κ1) is 14.1. The second-order valence-electron chi connectivity index (χ2n) is 5.52. The number of aromatic nitrogens is 1. The van der Waals surface area contributed by atoms with Crippen LogP contribution < -0.4 is 11.1 Å². The molecule has 3 N–H and O–H groups in total. The van der Waals surface area contributed by atoms with Crippen molar-refractivity contribution in [3.05, 3.63) is 71.9 Å². The maximum Gasteiger partial charge on any atom is 0.153 e. The fourth-order valence-electron chi connectivity index (χ4n) is 2.58. The van der Waals surface area contributed by atoms with Crippen molar-refractivity contribution in [3.63, 3.8) is 0 Å². The van der Waals surface area contributed by atoms with Gasteiger partial charge in [-0.15, -0.1) is 0 Å². The number of nitrogens with two attached hydrogens (primary N) is 1. The summed E-state index contributed by atoms with van der Waals surface area (Å²) in [6, 6.07) is 18.5. The zero-order valence-electron chi connectivity index (χ0n) is 12.8. The van der Waals surface area contributed by atoms with Crippen LogP contribution in [-0.4, -0.2) is 4.98 Å². The van der Waals surface area contributed by atoms with Gasteiger partial charge in [0.2, 0.25) is 0 Å². The molecule has 0 amide bonds. The molecule has 3 aromatic rings. The van der Waals surface area contributed by atoms with Gasteiger partial charge < -0.3 is 11.1 Å². The first-order valence-electron chi connectivity index (χ1n) is 7.28. The lowest BCUT2D eigenvalue weighted by atomic mass is 10.0. The van der Waals surface area contributed by atoms with Crippen molar-refractivity contribution in [2.45, 2.75) is 13.8 Å². The van der Waals surface area contributed by atoms with E-state index in [-0.39, 0.29) is 0 Å². The largest absolute Gasteiger partial charge is 0.396 e. The molecule has 2 aromatic carbocycles. The highest BCUT2D eigenvalue weighted by Crippen LogP contribution is 2.27. The third kappa shape index (κ3) is 3.09. The number of nitrogen functional groups attached to an aromatic ring is 1. The second kappa shape index (κ2) is 5.90. The molecule has 0 aliphatic carbocycles. The minimum atomic E-state index is 0.638. The molecule has 0 aliphatic heterocycles. The van der Waals surface area contributed by atoms with Gasteiger partial charge in [0.05, 0.1) is 5.69 Å². The summed E-state index contributed by atoms with van der Waals surface area (Å²) in [5.41, 5.74) is 12.5. The topological polar surface area (TPSA) is 50.9 Å². The molecule has 3 rings (SSSR count). The Bertz CT molecular complexity index is 789. The van der Waals surface area contributed by atoms with Gasteiger partial charge in [-0.3, -0.25) is 0 Å². The molecule has 1 aromatic heterocycles. The summed E-state index contributed by atoms with van der Waals surface area (Å²) >= 11 is 0. The van der Waals surface area contributed by atoms with E-state index in [0.717, 1.165) is 5.69 Å². The molecule has 0 atom stereocenters. The molecule has 0 saturated heterocycles. The number of hydrogen-bond acceptors (Lipinski definition) is 3. The normalized spacial score (nSPS) is 10.5. The van der Waals surface area contributed by atoms with Gasteiger partial charge in [0.1, 0.15) is 0 Å². The lowest BCUT2D eigenvalue weighted by molar-refractivity contribution is 1.31. The Morgan fingerprint density at radius 1 is 0.864 bits per heavy atom.